The molecule has 2 aliphatic rings. The number of hydrogen-bond acceptors (Lipinski definition) is 7. The number of rotatable bonds is 6. The van der Waals surface area contributed by atoms with Crippen LogP contribution in [0.1, 0.15) is 12.8 Å². The fourth-order valence-corrected chi connectivity index (χ4v) is 5.45. The number of likely N-dealkylation sites (N-methyl/N-ethyl adjacent to an activating group) is 1. The number of phenolic OH excluding ortho intramolecular Hbond substituents is 1. The van der Waals surface area contributed by atoms with Crippen LogP contribution in [-0.4, -0.2) is 72.4 Å². The van der Waals surface area contributed by atoms with Crippen molar-refractivity contribution in [2.45, 2.75) is 24.9 Å². The largest absolute Gasteiger partial charge is 0.508 e. The molecule has 2 N–H and O–H groups in total. The summed E-state index contributed by atoms with van der Waals surface area (Å²) in [5, 5.41) is 16.4. The Kier molecular flexibility index (Phi) is 5.85. The molecule has 3 aromatic carbocycles. The van der Waals surface area contributed by atoms with Crippen molar-refractivity contribution in [1.29, 1.82) is 0 Å². The van der Waals surface area contributed by atoms with E-state index in [1.807, 2.05) is 49.3 Å². The van der Waals surface area contributed by atoms with Gasteiger partial charge in [0.2, 0.25) is 0 Å². The summed E-state index contributed by atoms with van der Waals surface area (Å²) in [6.45, 7) is 2.75. The average molecular weight is 488 g/mol. The lowest BCUT2D eigenvalue weighted by atomic mass is 9.96. The van der Waals surface area contributed by atoms with Gasteiger partial charge in [0.05, 0.1) is 0 Å². The molecule has 1 aromatic heterocycles. The highest BCUT2D eigenvalue weighted by Crippen LogP contribution is 2.38. The van der Waals surface area contributed by atoms with Crippen LogP contribution in [0.3, 0.4) is 0 Å². The van der Waals surface area contributed by atoms with E-state index in [1.54, 1.807) is 18.2 Å². The van der Waals surface area contributed by atoms with Crippen molar-refractivity contribution in [3.63, 3.8) is 0 Å². The van der Waals surface area contributed by atoms with E-state index in [1.165, 1.54) is 0 Å². The Labute approximate surface area is 209 Å². The average Bonchev–Trinajstić information content (AvgIpc) is 3.20. The Balaban J connectivity index is 1.50. The predicted octanol–water partition coefficient (Wildman–Crippen LogP) is 4.18. The molecule has 2 bridgehead atoms. The number of aromatic hydroxyl groups is 1. The molecule has 2 atom stereocenters. The quantitative estimate of drug-likeness (QED) is 0.423. The molecule has 0 unspecified atom stereocenters. The van der Waals surface area contributed by atoms with Crippen LogP contribution in [0, 0.1) is 5.82 Å². The summed E-state index contributed by atoms with van der Waals surface area (Å²) in [6, 6.07) is 15.6. The van der Waals surface area contributed by atoms with Crippen LogP contribution in [-0.2, 0) is 0 Å². The molecular weight excluding hydrogens is 457 g/mol. The molecule has 0 amide bonds. The van der Waals surface area contributed by atoms with Crippen LogP contribution in [0.2, 0.25) is 0 Å². The maximum absolute atomic E-state index is 16.3. The van der Waals surface area contributed by atoms with E-state index in [0.717, 1.165) is 36.7 Å². The summed E-state index contributed by atoms with van der Waals surface area (Å²) in [7, 11) is 3.94. The lowest BCUT2D eigenvalue weighted by Crippen LogP contribution is -2.51. The maximum atomic E-state index is 16.3. The molecule has 3 heterocycles. The van der Waals surface area contributed by atoms with Gasteiger partial charge in [-0.05, 0) is 61.5 Å². The Morgan fingerprint density at radius 1 is 1.03 bits per heavy atom. The number of nitrogens with one attached hydrogen (secondary N) is 1. The van der Waals surface area contributed by atoms with Gasteiger partial charge in [-0.1, -0.05) is 30.3 Å². The van der Waals surface area contributed by atoms with E-state index in [4.69, 9.17) is 9.72 Å². The van der Waals surface area contributed by atoms with Crippen LogP contribution in [0.25, 0.3) is 32.8 Å². The van der Waals surface area contributed by atoms with Crippen molar-refractivity contribution >= 4 is 27.5 Å². The first-order valence-electron chi connectivity index (χ1n) is 12.5. The molecule has 8 heteroatoms. The van der Waals surface area contributed by atoms with Gasteiger partial charge >= 0.3 is 6.01 Å². The molecule has 6 rings (SSSR count). The highest BCUT2D eigenvalue weighted by Gasteiger charge is 2.34. The maximum Gasteiger partial charge on any atom is 0.319 e. The summed E-state index contributed by atoms with van der Waals surface area (Å²) >= 11 is 0. The van der Waals surface area contributed by atoms with Gasteiger partial charge < -0.3 is 25.0 Å². The van der Waals surface area contributed by atoms with Gasteiger partial charge in [0.25, 0.3) is 0 Å². The standard InChI is InChI=1S/C28H30FN5O2/c1-33(2)11-12-36-28-31-26-23(27(32-28)34-15-18-7-8-19(16-34)30-18)10-9-22(25(26)29)24-14-20(35)13-17-5-3-4-6-21(17)24/h3-6,9-10,13-14,18-19,30,35H,7-8,11-12,15-16H2,1-2H3/t18-,19+. The van der Waals surface area contributed by atoms with Crippen LogP contribution in [0.15, 0.2) is 48.5 Å². The molecule has 0 aliphatic carbocycles. The fraction of sp³-hybridized carbons (Fsp3) is 0.357. The number of nitrogens with zero attached hydrogens (tertiary/aromatic N) is 4. The second-order valence-electron chi connectivity index (χ2n) is 10.1. The lowest BCUT2D eigenvalue weighted by molar-refractivity contribution is 0.246. The second-order valence-corrected chi connectivity index (χ2v) is 10.1. The van der Waals surface area contributed by atoms with E-state index in [0.29, 0.717) is 47.6 Å². The monoisotopic (exact) mass is 487 g/mol. The molecular formula is C28H30FN5O2. The Bertz CT molecular complexity index is 1430. The van der Waals surface area contributed by atoms with Crippen LogP contribution in [0.4, 0.5) is 10.2 Å². The highest BCUT2D eigenvalue weighted by atomic mass is 19.1. The molecule has 186 valence electrons. The molecule has 4 aromatic rings. The highest BCUT2D eigenvalue weighted by molar-refractivity contribution is 6.01. The lowest BCUT2D eigenvalue weighted by Gasteiger charge is -2.34. The number of fused-ring (bicyclic) bond motifs is 4. The number of benzene rings is 3. The molecule has 2 aliphatic heterocycles. The van der Waals surface area contributed by atoms with Crippen molar-refractivity contribution in [2.75, 3.05) is 45.2 Å². The van der Waals surface area contributed by atoms with E-state index in [2.05, 4.69) is 15.2 Å². The third-order valence-corrected chi connectivity index (χ3v) is 7.19. The molecule has 0 saturated carbocycles. The second kappa shape index (κ2) is 9.19. The normalized spacial score (nSPS) is 19.5. The van der Waals surface area contributed by atoms with Crippen molar-refractivity contribution in [3.8, 4) is 22.9 Å². The van der Waals surface area contributed by atoms with Crippen LogP contribution >= 0.6 is 0 Å². The topological polar surface area (TPSA) is 73.8 Å². The number of phenols is 1. The molecule has 0 spiro atoms. The summed E-state index contributed by atoms with van der Waals surface area (Å²) in [6.07, 6.45) is 2.28. The zero-order valence-electron chi connectivity index (χ0n) is 20.5. The number of hydrogen-bond donors (Lipinski definition) is 2. The van der Waals surface area contributed by atoms with Crippen LogP contribution < -0.4 is 15.0 Å². The summed E-state index contributed by atoms with van der Waals surface area (Å²) < 4.78 is 22.2. The first kappa shape index (κ1) is 22.9. The van der Waals surface area contributed by atoms with Gasteiger partial charge in [0, 0.05) is 42.7 Å². The Hall–Kier alpha value is -3.49. The number of aromatic nitrogens is 2. The van der Waals surface area contributed by atoms with Crippen molar-refractivity contribution in [1.82, 2.24) is 20.2 Å². The van der Waals surface area contributed by atoms with Gasteiger partial charge in [0.15, 0.2) is 5.82 Å². The minimum atomic E-state index is -0.442. The zero-order valence-corrected chi connectivity index (χ0v) is 20.5. The van der Waals surface area contributed by atoms with Crippen molar-refractivity contribution in [3.05, 3.63) is 54.3 Å². The van der Waals surface area contributed by atoms with Gasteiger partial charge in [-0.3, -0.25) is 0 Å². The van der Waals surface area contributed by atoms with Gasteiger partial charge in [-0.15, -0.1) is 0 Å². The number of anilines is 1. The minimum Gasteiger partial charge on any atom is -0.508 e. The van der Waals surface area contributed by atoms with Gasteiger partial charge in [-0.2, -0.15) is 9.97 Å². The molecule has 7 nitrogen and oxygen atoms in total. The molecule has 2 fully saturated rings. The number of piperazine rings is 1. The van der Waals surface area contributed by atoms with E-state index in [-0.39, 0.29) is 17.3 Å². The Morgan fingerprint density at radius 2 is 1.81 bits per heavy atom. The first-order chi connectivity index (χ1) is 17.5. The summed E-state index contributed by atoms with van der Waals surface area (Å²) in [5.41, 5.74) is 1.25. The molecule has 36 heavy (non-hydrogen) atoms. The minimum absolute atomic E-state index is 0.0931. The fourth-order valence-electron chi connectivity index (χ4n) is 5.45. The van der Waals surface area contributed by atoms with Crippen LogP contribution in [0.5, 0.6) is 11.8 Å². The molecule has 2 saturated heterocycles. The van der Waals surface area contributed by atoms with Gasteiger partial charge in [0.1, 0.15) is 23.7 Å². The number of halogens is 1. The van der Waals surface area contributed by atoms with E-state index in [9.17, 15) is 5.11 Å². The summed E-state index contributed by atoms with van der Waals surface area (Å²) in [5.74, 6) is 0.363. The predicted molar refractivity (Wildman–Crippen MR) is 140 cm³/mol. The molecule has 0 radical (unpaired) electrons. The Morgan fingerprint density at radius 3 is 2.58 bits per heavy atom. The van der Waals surface area contributed by atoms with Crippen molar-refractivity contribution < 1.29 is 14.2 Å². The smallest absolute Gasteiger partial charge is 0.319 e. The third kappa shape index (κ3) is 4.20. The van der Waals surface area contributed by atoms with E-state index < -0.39 is 5.82 Å². The van der Waals surface area contributed by atoms with Gasteiger partial charge in [-0.25, -0.2) is 4.39 Å². The summed E-state index contributed by atoms with van der Waals surface area (Å²) in [4.78, 5) is 13.6. The third-order valence-electron chi connectivity index (χ3n) is 7.19. The van der Waals surface area contributed by atoms with Crippen molar-refractivity contribution in [2.24, 2.45) is 0 Å². The SMILES string of the molecule is CN(C)CCOc1nc(N2C[C@H]3CC[C@@H](C2)N3)c2ccc(-c3cc(O)cc4ccccc34)c(F)c2n1. The van der Waals surface area contributed by atoms with E-state index >= 15 is 4.39 Å². The number of ether oxygens (including phenoxy) is 1. The zero-order chi connectivity index (χ0) is 24.8. The first-order valence-corrected chi connectivity index (χ1v) is 12.5.